The summed E-state index contributed by atoms with van der Waals surface area (Å²) in [7, 11) is 0. The molecule has 124 heavy (non-hydrogen) atoms. The minimum absolute atomic E-state index is 0.0313. The predicted molar refractivity (Wildman–Crippen MR) is 434 cm³/mol. The summed E-state index contributed by atoms with van der Waals surface area (Å²) in [6, 6.07) is -5.41. The number of aromatic amines is 1. The van der Waals surface area contributed by atoms with Crippen LogP contribution in [0.3, 0.4) is 0 Å². The number of aliphatic hydroxyl groups is 1. The number of amides is 15. The van der Waals surface area contributed by atoms with Gasteiger partial charge in [0.25, 0.3) is 5.91 Å². The highest BCUT2D eigenvalue weighted by molar-refractivity contribution is 6.05. The highest BCUT2D eigenvalue weighted by Crippen LogP contribution is 2.22. The van der Waals surface area contributed by atoms with Crippen LogP contribution in [0.15, 0.2) is 79.0 Å². The fourth-order valence-electron chi connectivity index (χ4n) is 12.7. The molecule has 26 N–H and O–H groups in total. The highest BCUT2D eigenvalue weighted by Gasteiger charge is 2.41. The van der Waals surface area contributed by atoms with E-state index in [-0.39, 0.29) is 48.3 Å². The van der Waals surface area contributed by atoms with Crippen molar-refractivity contribution in [2.45, 2.75) is 209 Å². The van der Waals surface area contributed by atoms with Gasteiger partial charge in [0.2, 0.25) is 82.7 Å². The Morgan fingerprint density at radius 2 is 1.10 bits per heavy atom. The number of nitrogens with two attached hydrogens (primary N) is 3. The van der Waals surface area contributed by atoms with Crippen LogP contribution in [0.5, 0.6) is 0 Å². The molecular weight excluding hydrogens is 1630 g/mol. The van der Waals surface area contributed by atoms with Gasteiger partial charge in [-0.3, -0.25) is 95.9 Å². The number of hydrogen-bond donors (Lipinski definition) is 23. The van der Waals surface area contributed by atoms with Gasteiger partial charge >= 0.3 is 29.8 Å². The summed E-state index contributed by atoms with van der Waals surface area (Å²) in [5, 5.41) is 81.7. The van der Waals surface area contributed by atoms with Crippen LogP contribution in [0, 0.1) is 5.92 Å². The number of unbranched alkanes of at least 4 members (excludes halogenated alkanes) is 6. The van der Waals surface area contributed by atoms with Crippen molar-refractivity contribution in [3.63, 3.8) is 0 Å². The number of aliphatic hydroxyl groups excluding tert-OH is 1. The maximum Gasteiger partial charge on any atom is 0.329 e. The number of hydrogen-bond acceptors (Lipinski definition) is 25. The Morgan fingerprint density at radius 3 is 1.73 bits per heavy atom. The first kappa shape index (κ1) is 100. The van der Waals surface area contributed by atoms with E-state index in [0.717, 1.165) is 52.9 Å². The number of Topliss-reactive ketones (excluding diaryl/α,β-unsaturated/α-hetero) is 1. The number of benzene rings is 3. The molecule has 5 rings (SSSR count). The van der Waals surface area contributed by atoms with Gasteiger partial charge in [0.05, 0.1) is 51.8 Å². The van der Waals surface area contributed by atoms with E-state index < -0.39 is 267 Å². The van der Waals surface area contributed by atoms with Crippen molar-refractivity contribution in [2.24, 2.45) is 11.7 Å². The lowest BCUT2D eigenvalue weighted by Crippen LogP contribution is -2.62. The monoisotopic (exact) mass is 1740 g/mol. The fraction of sp³-hybridized carbons (Fsp3) is 0.481. The van der Waals surface area contributed by atoms with Crippen molar-refractivity contribution in [3.8, 4) is 0 Å². The van der Waals surface area contributed by atoms with Gasteiger partial charge in [-0.25, -0.2) is 4.79 Å². The first-order valence-corrected chi connectivity index (χ1v) is 39.6. The summed E-state index contributed by atoms with van der Waals surface area (Å²) in [6.07, 6.45) is -2.94. The lowest BCUT2D eigenvalue weighted by molar-refractivity contribution is -0.156. The maximum absolute atomic E-state index is 15.0. The number of carbonyl (C=O) groups excluding carboxylic acids is 17. The number of anilines is 2. The van der Waals surface area contributed by atoms with Gasteiger partial charge in [0, 0.05) is 65.4 Å². The van der Waals surface area contributed by atoms with Gasteiger partial charge in [0.1, 0.15) is 72.6 Å². The quantitative estimate of drug-likeness (QED) is 0.00875. The Kier molecular flexibility index (Phi) is 40.6. The number of cyclic esters (lactones) is 1. The summed E-state index contributed by atoms with van der Waals surface area (Å²) in [5.41, 5.74) is 18.5. The van der Waals surface area contributed by atoms with Crippen molar-refractivity contribution in [2.75, 3.05) is 37.7 Å². The van der Waals surface area contributed by atoms with E-state index in [9.17, 15) is 126 Å². The van der Waals surface area contributed by atoms with Crippen molar-refractivity contribution >= 4 is 147 Å². The molecule has 1 fully saturated rings. The zero-order chi connectivity index (χ0) is 92.0. The lowest BCUT2D eigenvalue weighted by Gasteiger charge is -2.30. The number of carboxylic acids is 4. The van der Waals surface area contributed by atoms with Crippen LogP contribution >= 0.6 is 0 Å². The molecule has 3 aromatic carbocycles. The van der Waals surface area contributed by atoms with E-state index in [4.69, 9.17) is 21.9 Å². The molecule has 1 saturated heterocycles. The number of carbonyl (C=O) groups is 21. The number of H-pyrrole nitrogens is 1. The van der Waals surface area contributed by atoms with E-state index in [1.165, 1.54) is 48.5 Å². The number of ether oxygens (including phenoxy) is 1. The number of nitrogen functional groups attached to an aromatic ring is 2. The van der Waals surface area contributed by atoms with E-state index in [1.54, 1.807) is 30.5 Å². The molecule has 0 saturated carbocycles. The Morgan fingerprint density at radius 1 is 0.540 bits per heavy atom. The van der Waals surface area contributed by atoms with Gasteiger partial charge in [0.15, 0.2) is 5.78 Å². The van der Waals surface area contributed by atoms with Gasteiger partial charge in [-0.2, -0.15) is 0 Å². The third kappa shape index (κ3) is 33.8. The third-order valence-corrected chi connectivity index (χ3v) is 19.3. The topological polar surface area (TPSA) is 731 Å². The third-order valence-electron chi connectivity index (χ3n) is 19.3. The molecule has 45 nitrogen and oxygen atoms in total. The minimum atomic E-state index is -2.50. The summed E-state index contributed by atoms with van der Waals surface area (Å²) >= 11 is 0. The molecule has 0 radical (unpaired) electrons. The highest BCUT2D eigenvalue weighted by atomic mass is 16.5. The Labute approximate surface area is 708 Å². The molecule has 15 amide bonds. The van der Waals surface area contributed by atoms with Crippen LogP contribution < -0.4 is 91.6 Å². The molecule has 0 bridgehead atoms. The van der Waals surface area contributed by atoms with E-state index in [2.05, 4.69) is 70.4 Å². The molecule has 0 aliphatic carbocycles. The van der Waals surface area contributed by atoms with Gasteiger partial charge in [-0.1, -0.05) is 88.8 Å². The van der Waals surface area contributed by atoms with Crippen LogP contribution in [0.4, 0.5) is 11.4 Å². The molecule has 1 aliphatic heterocycles. The predicted octanol–water partition coefficient (Wildman–Crippen LogP) is -4.57. The fourth-order valence-corrected chi connectivity index (χ4v) is 12.7. The van der Waals surface area contributed by atoms with E-state index >= 15 is 0 Å². The second kappa shape index (κ2) is 50.2. The first-order valence-electron chi connectivity index (χ1n) is 39.6. The van der Waals surface area contributed by atoms with Crippen LogP contribution in [0.25, 0.3) is 10.9 Å². The number of aromatic nitrogens is 1. The molecule has 4 unspecified atom stereocenters. The number of rotatable bonds is 37. The van der Waals surface area contributed by atoms with E-state index in [0.29, 0.717) is 29.3 Å². The smallest absolute Gasteiger partial charge is 0.329 e. The molecule has 1 aliphatic rings. The average Bonchev–Trinajstić information content (AvgIpc) is 1.82. The number of primary amides is 1. The first-order chi connectivity index (χ1) is 58.7. The summed E-state index contributed by atoms with van der Waals surface area (Å²) in [5.74, 6) is -31.0. The van der Waals surface area contributed by atoms with Crippen molar-refractivity contribution in [3.05, 3.63) is 95.7 Å². The van der Waals surface area contributed by atoms with Crippen molar-refractivity contribution < 1.29 is 131 Å². The summed E-state index contributed by atoms with van der Waals surface area (Å²) in [4.78, 5) is 292. The molecule has 2 heterocycles. The second-order valence-corrected chi connectivity index (χ2v) is 29.3. The van der Waals surface area contributed by atoms with Crippen LogP contribution in [0.1, 0.15) is 157 Å². The Bertz CT molecular complexity index is 4580. The van der Waals surface area contributed by atoms with Crippen LogP contribution in [-0.4, -0.2) is 254 Å². The number of esters is 1. The number of fused-ring (bicyclic) bond motifs is 1. The molecule has 45 heteroatoms. The van der Waals surface area contributed by atoms with Gasteiger partial charge in [-0.05, 0) is 81.0 Å². The second-order valence-electron chi connectivity index (χ2n) is 29.3. The molecular formula is C79H106N18O27. The normalized spacial score (nSPS) is 20.4. The lowest BCUT2D eigenvalue weighted by atomic mass is 9.96. The van der Waals surface area contributed by atoms with E-state index in [1.807, 2.05) is 16.0 Å². The number of aliphatic carboxylic acids is 4. The SMILES string of the molecule is CCCCCCCCCC(=O)N[C@@H](Cc1c[nH]c2ccccc12)C(=O)N[C@@H](CC(N)=O)C(=O)N[C@@H](CC(=O)O)C(=O)NC1C(=O)NCC(=O)N[C@@H](CCCNC(=O)c2cccc(N)c2)C(=O)NC(CC(=O)O)C(=O)N[C@H](C)C(=O)N[C@@H](CC(=O)O)C(=O)NCC(=O)N[C@H](CO)C(=O)NC([C@H](C)CC(=O)O)C(=O)N[C@@H](CC(=O)c2ccccc2N)C(=O)OC1C. The average molecular weight is 1740 g/mol. The largest absolute Gasteiger partial charge is 0.481 e. The van der Waals surface area contributed by atoms with Gasteiger partial charge in [-0.15, -0.1) is 0 Å². The Hall–Kier alpha value is -14.2. The molecule has 1 aromatic heterocycles. The van der Waals surface area contributed by atoms with Crippen molar-refractivity contribution in [1.82, 2.24) is 79.4 Å². The number of para-hydroxylation sites is 2. The number of nitrogens with one attached hydrogen (secondary N) is 15. The molecule has 13 atom stereocenters. The minimum Gasteiger partial charge on any atom is -0.481 e. The molecule has 0 spiro atoms. The molecule has 4 aromatic rings. The zero-order valence-electron chi connectivity index (χ0n) is 68.3. The van der Waals surface area contributed by atoms with Crippen molar-refractivity contribution in [1.29, 1.82) is 0 Å². The van der Waals surface area contributed by atoms with Gasteiger partial charge < -0.3 is 127 Å². The number of carboxylic acid groups (broad SMARTS) is 4. The van der Waals surface area contributed by atoms with Crippen LogP contribution in [-0.2, 0) is 102 Å². The zero-order valence-corrected chi connectivity index (χ0v) is 68.3. The molecule has 674 valence electrons. The summed E-state index contributed by atoms with van der Waals surface area (Å²) < 4.78 is 5.72. The summed E-state index contributed by atoms with van der Waals surface area (Å²) in [6.45, 7) is 0.851. The van der Waals surface area contributed by atoms with Crippen LogP contribution in [0.2, 0.25) is 0 Å². The number of ketones is 1. The standard InChI is InChI=1S/C79H106N18O27/c1-5-6-7-8-9-10-11-25-59(101)89-50(29-43-35-84-48-23-15-13-20-45(43)48)73(117)92-51(31-58(82)100)74(118)94-54(34-65(110)111)75(119)97-67-41(4)124-79(123)55(30-57(99)46-21-12-14-22-47(46)81)95-78(122)66(39(2)27-62(104)105)96-76(120)56(38-98)90-61(103)36-85-70(114)52(32-63(106)107)91-68(112)40(3)87-72(116)53(33-64(108)109)93-71(115)49(88-60(102)37-86-77(67)121)24-17-26-83-69(113)42-18-16-19-44(80)28-42/h12-16,18-23,28,35,39-41,49-56,66-67,84,98H,5-11,17,24-27,29-34,36-38,80-81H2,1-4H3,(H2,82,100)(H,83,113)(H,85,114)(H,86,121)(H,87,116)(H,88,102)(H,89,101)(H,90,103)(H,91,112)(H,92,117)(H,93,115)(H,94,118)(H,95,122)(H,96,120)(H,97,119)(H,104,105)(H,106,107)(H,108,109)(H,110,111)/t39-,40-,41?,49+,50+,51+,52+,53?,54+,55+,56-,66?,67?/m1/s1. The maximum atomic E-state index is 15.0. The Balaban J connectivity index is 1.63.